The Labute approximate surface area is 198 Å². The molecule has 0 saturated carbocycles. The number of hydrogen-bond acceptors (Lipinski definition) is 6. The Kier molecular flexibility index (Phi) is 5.95. The van der Waals surface area contributed by atoms with E-state index in [9.17, 15) is 5.26 Å². The van der Waals surface area contributed by atoms with Crippen molar-refractivity contribution in [3.63, 3.8) is 0 Å². The lowest BCUT2D eigenvalue weighted by Crippen LogP contribution is -2.41. The molecule has 0 amide bonds. The first-order chi connectivity index (χ1) is 15.1. The lowest BCUT2D eigenvalue weighted by atomic mass is 9.72. The van der Waals surface area contributed by atoms with Gasteiger partial charge in [-0.3, -0.25) is 0 Å². The number of benzene rings is 2. The second kappa shape index (κ2) is 8.29. The van der Waals surface area contributed by atoms with E-state index < -0.39 is 11.2 Å². The molecule has 2 aliphatic rings. The summed E-state index contributed by atoms with van der Waals surface area (Å²) in [5.74, 6) is 1.35. The SMILES string of the molecule is COc1cc(Br)c([C@H]2Nc3ccc(C#N)cc3[C@H]2CB2OC(C)(C)C(C)(C)O2)cc1OC. The number of nitrogens with zero attached hydrogens (tertiary/aromatic N) is 1. The highest BCUT2D eigenvalue weighted by Crippen LogP contribution is 2.51. The van der Waals surface area contributed by atoms with Crippen molar-refractivity contribution >= 4 is 28.7 Å². The maximum Gasteiger partial charge on any atom is 0.458 e. The molecule has 0 radical (unpaired) electrons. The van der Waals surface area contributed by atoms with E-state index in [4.69, 9.17) is 18.8 Å². The normalized spacial score (nSPS) is 22.8. The molecule has 0 aliphatic carbocycles. The van der Waals surface area contributed by atoms with E-state index in [0.29, 0.717) is 23.4 Å². The third-order valence-corrected chi connectivity index (χ3v) is 7.57. The number of anilines is 1. The molecule has 0 bridgehead atoms. The van der Waals surface area contributed by atoms with Gasteiger partial charge in [0.2, 0.25) is 0 Å². The van der Waals surface area contributed by atoms with Crippen LogP contribution in [0.15, 0.2) is 34.8 Å². The fraction of sp³-hybridized carbons (Fsp3) is 0.458. The number of fused-ring (bicyclic) bond motifs is 1. The van der Waals surface area contributed by atoms with Gasteiger partial charge in [-0.2, -0.15) is 5.26 Å². The van der Waals surface area contributed by atoms with Crippen molar-refractivity contribution < 1.29 is 18.8 Å². The Balaban J connectivity index is 1.75. The van der Waals surface area contributed by atoms with Crippen LogP contribution in [0.4, 0.5) is 5.69 Å². The zero-order chi connectivity index (χ0) is 23.3. The van der Waals surface area contributed by atoms with Crippen LogP contribution >= 0.6 is 15.9 Å². The van der Waals surface area contributed by atoms with Crippen LogP contribution in [0.2, 0.25) is 6.32 Å². The molecular formula is C24H28BBrN2O4. The molecule has 2 atom stereocenters. The summed E-state index contributed by atoms with van der Waals surface area (Å²) in [6.07, 6.45) is 0.646. The van der Waals surface area contributed by atoms with E-state index in [2.05, 4.69) is 55.0 Å². The molecule has 1 fully saturated rings. The summed E-state index contributed by atoms with van der Waals surface area (Å²) in [5, 5.41) is 13.1. The van der Waals surface area contributed by atoms with Crippen molar-refractivity contribution in [3.05, 3.63) is 51.5 Å². The Morgan fingerprint density at radius 2 is 1.66 bits per heavy atom. The van der Waals surface area contributed by atoms with Gasteiger partial charge in [-0.15, -0.1) is 0 Å². The van der Waals surface area contributed by atoms with Gasteiger partial charge in [0.05, 0.1) is 43.1 Å². The summed E-state index contributed by atoms with van der Waals surface area (Å²) >= 11 is 3.72. The quantitative estimate of drug-likeness (QED) is 0.534. The second-order valence-corrected chi connectivity index (χ2v) is 10.1. The number of nitrogens with one attached hydrogen (secondary N) is 1. The van der Waals surface area contributed by atoms with Crippen LogP contribution in [-0.4, -0.2) is 32.5 Å². The molecular weight excluding hydrogens is 471 g/mol. The van der Waals surface area contributed by atoms with Crippen LogP contribution in [0.25, 0.3) is 0 Å². The van der Waals surface area contributed by atoms with Gasteiger partial charge in [-0.05, 0) is 75.5 Å². The number of nitriles is 1. The van der Waals surface area contributed by atoms with Gasteiger partial charge in [0.15, 0.2) is 11.5 Å². The number of hydrogen-bond donors (Lipinski definition) is 1. The molecule has 1 saturated heterocycles. The van der Waals surface area contributed by atoms with Crippen LogP contribution in [0.3, 0.4) is 0 Å². The van der Waals surface area contributed by atoms with Gasteiger partial charge >= 0.3 is 7.12 Å². The molecule has 2 heterocycles. The van der Waals surface area contributed by atoms with Crippen molar-refractivity contribution in [1.82, 2.24) is 0 Å². The molecule has 6 nitrogen and oxygen atoms in total. The second-order valence-electron chi connectivity index (χ2n) is 9.29. The molecule has 1 N–H and O–H groups in total. The molecule has 2 aromatic rings. The Morgan fingerprint density at radius 3 is 2.25 bits per heavy atom. The predicted molar refractivity (Wildman–Crippen MR) is 128 cm³/mol. The first kappa shape index (κ1) is 23.0. The summed E-state index contributed by atoms with van der Waals surface area (Å²) in [6.45, 7) is 8.24. The maximum atomic E-state index is 9.47. The minimum absolute atomic E-state index is 0.0300. The summed E-state index contributed by atoms with van der Waals surface area (Å²) < 4.78 is 24.6. The minimum Gasteiger partial charge on any atom is -0.493 e. The maximum absolute atomic E-state index is 9.47. The molecule has 2 aromatic carbocycles. The van der Waals surface area contributed by atoms with E-state index in [0.717, 1.165) is 21.3 Å². The van der Waals surface area contributed by atoms with Crippen molar-refractivity contribution in [2.24, 2.45) is 0 Å². The van der Waals surface area contributed by atoms with Crippen molar-refractivity contribution in [2.45, 2.75) is 57.2 Å². The third-order valence-electron chi connectivity index (χ3n) is 6.88. The highest BCUT2D eigenvalue weighted by atomic mass is 79.9. The Hall–Kier alpha value is -2.21. The van der Waals surface area contributed by atoms with Crippen LogP contribution in [0.5, 0.6) is 11.5 Å². The summed E-state index contributed by atoms with van der Waals surface area (Å²) in [5.41, 5.74) is 2.97. The number of ether oxygens (including phenoxy) is 2. The molecule has 0 unspecified atom stereocenters. The molecule has 32 heavy (non-hydrogen) atoms. The minimum atomic E-state index is -0.402. The monoisotopic (exact) mass is 498 g/mol. The standard InChI is InChI=1S/C24H28BBrN2O4/c1-23(2)24(3,4)32-25(31-23)12-17-15-9-14(13-27)7-8-19(15)28-22(17)16-10-20(29-5)21(30-6)11-18(16)26/h7-11,17,22,28H,12H2,1-6H3/t17-,22-/m1/s1. The highest BCUT2D eigenvalue weighted by molar-refractivity contribution is 9.10. The van der Waals surface area contributed by atoms with Crippen molar-refractivity contribution in [1.29, 1.82) is 5.26 Å². The van der Waals surface area contributed by atoms with Crippen LogP contribution in [0, 0.1) is 11.3 Å². The summed E-state index contributed by atoms with van der Waals surface area (Å²) in [4.78, 5) is 0. The fourth-order valence-corrected chi connectivity index (χ4v) is 5.02. The number of rotatable bonds is 5. The van der Waals surface area contributed by atoms with Gasteiger partial charge in [-0.25, -0.2) is 0 Å². The number of methoxy groups -OCH3 is 2. The van der Waals surface area contributed by atoms with E-state index in [1.54, 1.807) is 14.2 Å². The summed E-state index contributed by atoms with van der Waals surface area (Å²) in [7, 11) is 2.90. The van der Waals surface area contributed by atoms with Gasteiger partial charge in [0, 0.05) is 16.1 Å². The molecule has 0 spiro atoms. The van der Waals surface area contributed by atoms with Gasteiger partial charge in [0.25, 0.3) is 0 Å². The Bertz CT molecular complexity index is 1070. The van der Waals surface area contributed by atoms with Gasteiger partial charge in [0.1, 0.15) is 0 Å². The molecule has 4 rings (SSSR count). The fourth-order valence-electron chi connectivity index (χ4n) is 4.45. The van der Waals surface area contributed by atoms with E-state index in [-0.39, 0.29) is 19.1 Å². The average molecular weight is 499 g/mol. The van der Waals surface area contributed by atoms with Crippen LogP contribution in [0.1, 0.15) is 56.3 Å². The van der Waals surface area contributed by atoms with Gasteiger partial charge in [-0.1, -0.05) is 15.9 Å². The highest BCUT2D eigenvalue weighted by Gasteiger charge is 2.52. The van der Waals surface area contributed by atoms with Crippen molar-refractivity contribution in [3.8, 4) is 17.6 Å². The third kappa shape index (κ3) is 3.87. The van der Waals surface area contributed by atoms with E-state index in [1.807, 2.05) is 30.3 Å². The first-order valence-corrected chi connectivity index (χ1v) is 11.5. The number of halogens is 1. The van der Waals surface area contributed by atoms with E-state index in [1.165, 1.54) is 0 Å². The topological polar surface area (TPSA) is 72.7 Å². The molecule has 8 heteroatoms. The van der Waals surface area contributed by atoms with Crippen LogP contribution < -0.4 is 14.8 Å². The zero-order valence-electron chi connectivity index (χ0n) is 19.3. The zero-order valence-corrected chi connectivity index (χ0v) is 20.9. The predicted octanol–water partition coefficient (Wildman–Crippen LogP) is 5.68. The average Bonchev–Trinajstić information content (AvgIpc) is 3.19. The smallest absolute Gasteiger partial charge is 0.458 e. The molecule has 2 aliphatic heterocycles. The Morgan fingerprint density at radius 1 is 1.03 bits per heavy atom. The van der Waals surface area contributed by atoms with Crippen molar-refractivity contribution in [2.75, 3.05) is 19.5 Å². The van der Waals surface area contributed by atoms with Crippen LogP contribution in [-0.2, 0) is 9.31 Å². The van der Waals surface area contributed by atoms with E-state index >= 15 is 0 Å². The first-order valence-electron chi connectivity index (χ1n) is 10.7. The largest absolute Gasteiger partial charge is 0.493 e. The summed E-state index contributed by atoms with van der Waals surface area (Å²) in [6, 6.07) is 11.9. The molecule has 168 valence electrons. The molecule has 0 aromatic heterocycles. The van der Waals surface area contributed by atoms with Gasteiger partial charge < -0.3 is 24.1 Å². The lowest BCUT2D eigenvalue weighted by molar-refractivity contribution is 0.00578. The lowest BCUT2D eigenvalue weighted by Gasteiger charge is -2.32.